The topological polar surface area (TPSA) is 44.8 Å². The summed E-state index contributed by atoms with van der Waals surface area (Å²) in [6, 6.07) is 12.0. The lowest BCUT2D eigenvalue weighted by Crippen LogP contribution is -2.15. The summed E-state index contributed by atoms with van der Waals surface area (Å²) in [5.74, 6) is 1.18. The van der Waals surface area contributed by atoms with Gasteiger partial charge in [-0.1, -0.05) is 30.3 Å². The van der Waals surface area contributed by atoms with Crippen molar-refractivity contribution in [3.05, 3.63) is 58.7 Å². The predicted molar refractivity (Wildman–Crippen MR) is 93.6 cm³/mol. The van der Waals surface area contributed by atoms with Crippen LogP contribution in [0.3, 0.4) is 0 Å². The summed E-state index contributed by atoms with van der Waals surface area (Å²) in [4.78, 5) is 11.5. The van der Waals surface area contributed by atoms with Crippen LogP contribution in [-0.4, -0.2) is 19.2 Å². The second-order valence-electron chi connectivity index (χ2n) is 5.64. The van der Waals surface area contributed by atoms with Gasteiger partial charge >= 0.3 is 5.97 Å². The van der Waals surface area contributed by atoms with Gasteiger partial charge in [0.15, 0.2) is 6.61 Å². The molecular formula is C20H24O4. The fourth-order valence-corrected chi connectivity index (χ4v) is 2.46. The molecule has 0 fully saturated rings. The molecule has 0 spiro atoms. The number of rotatable bonds is 7. The quantitative estimate of drug-likeness (QED) is 0.717. The number of hydrogen-bond donors (Lipinski definition) is 0. The van der Waals surface area contributed by atoms with E-state index >= 15 is 0 Å². The van der Waals surface area contributed by atoms with Gasteiger partial charge in [0.1, 0.15) is 18.1 Å². The normalized spacial score (nSPS) is 10.3. The van der Waals surface area contributed by atoms with E-state index in [9.17, 15) is 4.79 Å². The predicted octanol–water partition coefficient (Wildman–Crippen LogP) is 4.13. The Morgan fingerprint density at radius 1 is 1.00 bits per heavy atom. The first-order chi connectivity index (χ1) is 11.5. The minimum absolute atomic E-state index is 0.0855. The Morgan fingerprint density at radius 3 is 2.38 bits per heavy atom. The first kappa shape index (κ1) is 17.9. The van der Waals surface area contributed by atoms with E-state index in [1.807, 2.05) is 57.2 Å². The van der Waals surface area contributed by atoms with Crippen LogP contribution in [0.5, 0.6) is 11.5 Å². The molecule has 2 aromatic rings. The van der Waals surface area contributed by atoms with Gasteiger partial charge in [0, 0.05) is 0 Å². The molecule has 4 nitrogen and oxygen atoms in total. The lowest BCUT2D eigenvalue weighted by molar-refractivity contribution is -0.145. The van der Waals surface area contributed by atoms with E-state index in [1.54, 1.807) is 6.92 Å². The van der Waals surface area contributed by atoms with Crippen molar-refractivity contribution in [3.8, 4) is 11.5 Å². The molecule has 0 atom stereocenters. The van der Waals surface area contributed by atoms with E-state index in [0.29, 0.717) is 19.0 Å². The van der Waals surface area contributed by atoms with Crippen molar-refractivity contribution in [2.75, 3.05) is 13.2 Å². The Labute approximate surface area is 143 Å². The maximum Gasteiger partial charge on any atom is 0.344 e. The number of benzene rings is 2. The zero-order valence-corrected chi connectivity index (χ0v) is 14.7. The van der Waals surface area contributed by atoms with Gasteiger partial charge in [0.2, 0.25) is 0 Å². The van der Waals surface area contributed by atoms with E-state index in [4.69, 9.17) is 14.2 Å². The van der Waals surface area contributed by atoms with E-state index in [1.165, 1.54) is 0 Å². The van der Waals surface area contributed by atoms with Crippen molar-refractivity contribution in [3.63, 3.8) is 0 Å². The second kappa shape index (κ2) is 8.39. The number of carbonyl (C=O) groups excluding carboxylic acids is 1. The van der Waals surface area contributed by atoms with Crippen LogP contribution in [0.2, 0.25) is 0 Å². The summed E-state index contributed by atoms with van der Waals surface area (Å²) in [6.07, 6.45) is 0. The third-order valence-corrected chi connectivity index (χ3v) is 3.86. The van der Waals surface area contributed by atoms with Crippen LogP contribution in [0.25, 0.3) is 0 Å². The summed E-state index contributed by atoms with van der Waals surface area (Å²) in [5.41, 5.74) is 4.09. The Balaban J connectivity index is 2.11. The standard InChI is InChI=1S/C20H24O4/c1-5-22-19(21)13-23-18-11-14(2)20(16(4)15(18)3)24-12-17-9-7-6-8-10-17/h6-11H,5,12-13H2,1-4H3. The molecule has 0 bridgehead atoms. The molecule has 0 aliphatic carbocycles. The summed E-state index contributed by atoms with van der Waals surface area (Å²) in [6.45, 7) is 8.50. The zero-order valence-electron chi connectivity index (χ0n) is 14.7. The molecule has 0 aliphatic heterocycles. The first-order valence-corrected chi connectivity index (χ1v) is 8.08. The van der Waals surface area contributed by atoms with Crippen LogP contribution < -0.4 is 9.47 Å². The van der Waals surface area contributed by atoms with Crippen LogP contribution in [0, 0.1) is 20.8 Å². The van der Waals surface area contributed by atoms with Crippen molar-refractivity contribution < 1.29 is 19.0 Å². The van der Waals surface area contributed by atoms with Crippen molar-refractivity contribution in [1.29, 1.82) is 0 Å². The number of hydrogen-bond acceptors (Lipinski definition) is 4. The van der Waals surface area contributed by atoms with E-state index in [-0.39, 0.29) is 12.6 Å². The average molecular weight is 328 g/mol. The molecule has 128 valence electrons. The summed E-state index contributed by atoms with van der Waals surface area (Å²) >= 11 is 0. The highest BCUT2D eigenvalue weighted by atomic mass is 16.6. The van der Waals surface area contributed by atoms with Gasteiger partial charge in [-0.05, 0) is 56.0 Å². The Hall–Kier alpha value is -2.49. The van der Waals surface area contributed by atoms with Crippen LogP contribution in [0.15, 0.2) is 36.4 Å². The minimum atomic E-state index is -0.364. The fraction of sp³-hybridized carbons (Fsp3) is 0.350. The van der Waals surface area contributed by atoms with Gasteiger partial charge in [-0.3, -0.25) is 0 Å². The number of aryl methyl sites for hydroxylation is 1. The van der Waals surface area contributed by atoms with Crippen molar-refractivity contribution in [1.82, 2.24) is 0 Å². The monoisotopic (exact) mass is 328 g/mol. The smallest absolute Gasteiger partial charge is 0.344 e. The molecular weight excluding hydrogens is 304 g/mol. The van der Waals surface area contributed by atoms with Gasteiger partial charge < -0.3 is 14.2 Å². The Morgan fingerprint density at radius 2 is 1.71 bits per heavy atom. The zero-order chi connectivity index (χ0) is 17.5. The second-order valence-corrected chi connectivity index (χ2v) is 5.64. The molecule has 0 unspecified atom stereocenters. The Bertz CT molecular complexity index is 693. The van der Waals surface area contributed by atoms with Crippen molar-refractivity contribution in [2.45, 2.75) is 34.3 Å². The largest absolute Gasteiger partial charge is 0.488 e. The van der Waals surface area contributed by atoms with Crippen LogP contribution in [0.1, 0.15) is 29.2 Å². The van der Waals surface area contributed by atoms with Crippen LogP contribution in [-0.2, 0) is 16.1 Å². The van der Waals surface area contributed by atoms with Crippen molar-refractivity contribution >= 4 is 5.97 Å². The molecule has 0 aliphatic rings. The molecule has 2 rings (SSSR count). The third kappa shape index (κ3) is 4.51. The lowest BCUT2D eigenvalue weighted by Gasteiger charge is -2.17. The number of carbonyl (C=O) groups is 1. The molecule has 0 heterocycles. The van der Waals surface area contributed by atoms with Gasteiger partial charge in [-0.2, -0.15) is 0 Å². The molecule has 24 heavy (non-hydrogen) atoms. The van der Waals surface area contributed by atoms with Crippen LogP contribution >= 0.6 is 0 Å². The lowest BCUT2D eigenvalue weighted by atomic mass is 10.0. The highest BCUT2D eigenvalue weighted by Crippen LogP contribution is 2.33. The maximum absolute atomic E-state index is 11.5. The summed E-state index contributed by atoms with van der Waals surface area (Å²) < 4.78 is 16.5. The van der Waals surface area contributed by atoms with Crippen LogP contribution in [0.4, 0.5) is 0 Å². The minimum Gasteiger partial charge on any atom is -0.488 e. The molecule has 0 amide bonds. The summed E-state index contributed by atoms with van der Waals surface area (Å²) in [5, 5.41) is 0. The maximum atomic E-state index is 11.5. The molecule has 0 radical (unpaired) electrons. The van der Waals surface area contributed by atoms with Crippen molar-refractivity contribution in [2.24, 2.45) is 0 Å². The molecule has 0 N–H and O–H groups in total. The van der Waals surface area contributed by atoms with Gasteiger partial charge in [-0.15, -0.1) is 0 Å². The van der Waals surface area contributed by atoms with E-state index in [2.05, 4.69) is 0 Å². The molecule has 2 aromatic carbocycles. The third-order valence-electron chi connectivity index (χ3n) is 3.86. The Kier molecular flexibility index (Phi) is 6.24. The highest BCUT2D eigenvalue weighted by Gasteiger charge is 2.14. The fourth-order valence-electron chi connectivity index (χ4n) is 2.46. The SMILES string of the molecule is CCOC(=O)COc1cc(C)c(OCc2ccccc2)c(C)c1C. The van der Waals surface area contributed by atoms with E-state index in [0.717, 1.165) is 28.0 Å². The molecule has 0 saturated heterocycles. The highest BCUT2D eigenvalue weighted by molar-refractivity contribution is 5.71. The first-order valence-electron chi connectivity index (χ1n) is 8.08. The average Bonchev–Trinajstić information content (AvgIpc) is 2.58. The number of ether oxygens (including phenoxy) is 3. The van der Waals surface area contributed by atoms with Gasteiger partial charge in [-0.25, -0.2) is 4.79 Å². The number of esters is 1. The van der Waals surface area contributed by atoms with E-state index < -0.39 is 0 Å². The molecule has 0 saturated carbocycles. The molecule has 0 aromatic heterocycles. The van der Waals surface area contributed by atoms with Gasteiger partial charge in [0.25, 0.3) is 0 Å². The molecule has 4 heteroatoms. The van der Waals surface area contributed by atoms with Gasteiger partial charge in [0.05, 0.1) is 6.61 Å². The summed E-state index contributed by atoms with van der Waals surface area (Å²) in [7, 11) is 0.